The summed E-state index contributed by atoms with van der Waals surface area (Å²) in [6, 6.07) is 0. The van der Waals surface area contributed by atoms with Gasteiger partial charge < -0.3 is 9.84 Å². The summed E-state index contributed by atoms with van der Waals surface area (Å²) in [6.45, 7) is 3.14. The average Bonchev–Trinajstić information content (AvgIpc) is 2.45. The van der Waals surface area contributed by atoms with Crippen molar-refractivity contribution >= 4 is 9.84 Å². The Morgan fingerprint density at radius 3 is 1.91 bits per heavy atom. The van der Waals surface area contributed by atoms with Gasteiger partial charge in [0, 0.05) is 12.9 Å². The molecule has 0 aliphatic rings. The van der Waals surface area contributed by atoms with Crippen LogP contribution < -0.4 is 0 Å². The molecule has 134 valence electrons. The number of sulfone groups is 1. The molecule has 0 spiro atoms. The standard InChI is InChI=1S/C17H36O4S/c1-3-4-5-6-7-8-9-10-11-12-14-21-16-17(18)13-15-22(2,19)20/h17-18H,3-16H2,1-2H3. The van der Waals surface area contributed by atoms with E-state index in [9.17, 15) is 13.5 Å². The van der Waals surface area contributed by atoms with Gasteiger partial charge in [-0.3, -0.25) is 0 Å². The molecule has 0 heterocycles. The fourth-order valence-electron chi connectivity index (χ4n) is 2.34. The first-order chi connectivity index (χ1) is 10.5. The lowest BCUT2D eigenvalue weighted by Gasteiger charge is -2.10. The van der Waals surface area contributed by atoms with E-state index in [0.29, 0.717) is 6.61 Å². The van der Waals surface area contributed by atoms with E-state index in [4.69, 9.17) is 4.74 Å². The van der Waals surface area contributed by atoms with Crippen molar-refractivity contribution in [2.75, 3.05) is 25.2 Å². The van der Waals surface area contributed by atoms with E-state index in [1.54, 1.807) is 0 Å². The molecular formula is C17H36O4S. The number of aliphatic hydroxyl groups is 1. The predicted octanol–water partition coefficient (Wildman–Crippen LogP) is 3.72. The molecule has 0 radical (unpaired) electrons. The maximum atomic E-state index is 11.0. The molecule has 0 aromatic heterocycles. The second kappa shape index (κ2) is 14.5. The average molecular weight is 337 g/mol. The maximum absolute atomic E-state index is 11.0. The van der Waals surface area contributed by atoms with Gasteiger partial charge in [-0.25, -0.2) is 8.42 Å². The first kappa shape index (κ1) is 21.9. The fourth-order valence-corrected chi connectivity index (χ4v) is 3.04. The van der Waals surface area contributed by atoms with Crippen LogP contribution in [0.25, 0.3) is 0 Å². The van der Waals surface area contributed by atoms with Crippen molar-refractivity contribution in [2.24, 2.45) is 0 Å². The number of hydrogen-bond donors (Lipinski definition) is 1. The molecule has 0 aromatic carbocycles. The Kier molecular flexibility index (Phi) is 14.4. The monoisotopic (exact) mass is 336 g/mol. The topological polar surface area (TPSA) is 63.6 Å². The number of hydrogen-bond acceptors (Lipinski definition) is 4. The molecule has 0 fully saturated rings. The van der Waals surface area contributed by atoms with Gasteiger partial charge in [0.1, 0.15) is 9.84 Å². The molecule has 0 amide bonds. The van der Waals surface area contributed by atoms with Gasteiger partial charge in [-0.2, -0.15) is 0 Å². The Morgan fingerprint density at radius 1 is 0.909 bits per heavy atom. The van der Waals surface area contributed by atoms with E-state index in [1.807, 2.05) is 0 Å². The third kappa shape index (κ3) is 17.9. The van der Waals surface area contributed by atoms with Crippen LogP contribution in [-0.2, 0) is 14.6 Å². The van der Waals surface area contributed by atoms with Gasteiger partial charge in [-0.05, 0) is 12.8 Å². The highest BCUT2D eigenvalue weighted by Gasteiger charge is 2.09. The molecule has 0 aliphatic carbocycles. The molecule has 1 atom stereocenters. The van der Waals surface area contributed by atoms with Crippen LogP contribution in [0.2, 0.25) is 0 Å². The quantitative estimate of drug-likeness (QED) is 0.436. The summed E-state index contributed by atoms with van der Waals surface area (Å²) in [5.74, 6) is 0.0236. The Morgan fingerprint density at radius 2 is 1.41 bits per heavy atom. The fraction of sp³-hybridized carbons (Fsp3) is 1.00. The van der Waals surface area contributed by atoms with Crippen LogP contribution in [0.15, 0.2) is 0 Å². The Bertz CT molecular complexity index is 328. The van der Waals surface area contributed by atoms with Gasteiger partial charge >= 0.3 is 0 Å². The number of aliphatic hydroxyl groups excluding tert-OH is 1. The minimum absolute atomic E-state index is 0.0236. The number of ether oxygens (including phenoxy) is 1. The van der Waals surface area contributed by atoms with Crippen molar-refractivity contribution in [3.63, 3.8) is 0 Å². The molecule has 0 saturated carbocycles. The van der Waals surface area contributed by atoms with Gasteiger partial charge in [0.05, 0.1) is 18.5 Å². The summed E-state index contributed by atoms with van der Waals surface area (Å²) in [5, 5.41) is 9.58. The predicted molar refractivity (Wildman–Crippen MR) is 93.0 cm³/mol. The molecule has 5 heteroatoms. The SMILES string of the molecule is CCCCCCCCCCCCOCC(O)CCS(C)(=O)=O. The summed E-state index contributed by atoms with van der Waals surface area (Å²) >= 11 is 0. The minimum Gasteiger partial charge on any atom is -0.391 e. The summed E-state index contributed by atoms with van der Waals surface area (Å²) in [7, 11) is -2.99. The summed E-state index contributed by atoms with van der Waals surface area (Å²) in [5.41, 5.74) is 0. The zero-order valence-corrected chi connectivity index (χ0v) is 15.4. The lowest BCUT2D eigenvalue weighted by Crippen LogP contribution is -2.19. The van der Waals surface area contributed by atoms with E-state index >= 15 is 0 Å². The Hall–Kier alpha value is -0.130. The normalized spacial score (nSPS) is 13.4. The van der Waals surface area contributed by atoms with Crippen molar-refractivity contribution in [1.29, 1.82) is 0 Å². The van der Waals surface area contributed by atoms with Crippen molar-refractivity contribution in [3.05, 3.63) is 0 Å². The largest absolute Gasteiger partial charge is 0.391 e. The Labute approximate surface area is 137 Å². The second-order valence-electron chi connectivity index (χ2n) is 6.33. The van der Waals surface area contributed by atoms with Crippen molar-refractivity contribution in [2.45, 2.75) is 83.7 Å². The molecule has 22 heavy (non-hydrogen) atoms. The first-order valence-corrected chi connectivity index (χ1v) is 10.9. The molecular weight excluding hydrogens is 300 g/mol. The van der Waals surface area contributed by atoms with Crippen LogP contribution in [0.5, 0.6) is 0 Å². The molecule has 0 bridgehead atoms. The smallest absolute Gasteiger partial charge is 0.147 e. The van der Waals surface area contributed by atoms with Gasteiger partial charge in [0.25, 0.3) is 0 Å². The van der Waals surface area contributed by atoms with Crippen LogP contribution in [0.1, 0.15) is 77.6 Å². The van der Waals surface area contributed by atoms with Crippen LogP contribution in [0.4, 0.5) is 0 Å². The second-order valence-corrected chi connectivity index (χ2v) is 8.59. The number of unbranched alkanes of at least 4 members (excludes halogenated alkanes) is 9. The molecule has 0 saturated heterocycles. The maximum Gasteiger partial charge on any atom is 0.147 e. The zero-order valence-electron chi connectivity index (χ0n) is 14.6. The van der Waals surface area contributed by atoms with E-state index in [2.05, 4.69) is 6.92 Å². The lowest BCUT2D eigenvalue weighted by molar-refractivity contribution is 0.0338. The molecule has 1 unspecified atom stereocenters. The summed E-state index contributed by atoms with van der Waals surface area (Å²) < 4.78 is 27.3. The van der Waals surface area contributed by atoms with Crippen LogP contribution in [-0.4, -0.2) is 44.9 Å². The number of rotatable bonds is 16. The van der Waals surface area contributed by atoms with E-state index in [0.717, 1.165) is 6.42 Å². The van der Waals surface area contributed by atoms with Crippen molar-refractivity contribution < 1.29 is 18.3 Å². The molecule has 0 aliphatic heterocycles. The van der Waals surface area contributed by atoms with Crippen LogP contribution in [0.3, 0.4) is 0 Å². The highest BCUT2D eigenvalue weighted by molar-refractivity contribution is 7.90. The van der Waals surface area contributed by atoms with Gasteiger partial charge in [0.2, 0.25) is 0 Å². The zero-order chi connectivity index (χ0) is 16.7. The van der Waals surface area contributed by atoms with E-state index in [-0.39, 0.29) is 18.8 Å². The molecule has 4 nitrogen and oxygen atoms in total. The van der Waals surface area contributed by atoms with Gasteiger partial charge in [-0.1, -0.05) is 64.7 Å². The molecule has 0 rings (SSSR count). The van der Waals surface area contributed by atoms with Crippen molar-refractivity contribution in [1.82, 2.24) is 0 Å². The Balaban J connectivity index is 3.20. The minimum atomic E-state index is -2.99. The van der Waals surface area contributed by atoms with Crippen LogP contribution >= 0.6 is 0 Å². The van der Waals surface area contributed by atoms with Gasteiger partial charge in [0.15, 0.2) is 0 Å². The lowest BCUT2D eigenvalue weighted by atomic mass is 10.1. The summed E-state index contributed by atoms with van der Waals surface area (Å²) in [4.78, 5) is 0. The van der Waals surface area contributed by atoms with E-state index < -0.39 is 15.9 Å². The highest BCUT2D eigenvalue weighted by atomic mass is 32.2. The van der Waals surface area contributed by atoms with Crippen LogP contribution in [0, 0.1) is 0 Å². The first-order valence-electron chi connectivity index (χ1n) is 8.89. The highest BCUT2D eigenvalue weighted by Crippen LogP contribution is 2.10. The summed E-state index contributed by atoms with van der Waals surface area (Å²) in [6.07, 6.45) is 13.7. The van der Waals surface area contributed by atoms with Gasteiger partial charge in [-0.15, -0.1) is 0 Å². The third-order valence-electron chi connectivity index (χ3n) is 3.77. The molecule has 0 aromatic rings. The third-order valence-corrected chi connectivity index (χ3v) is 4.75. The molecule has 1 N–H and O–H groups in total. The van der Waals surface area contributed by atoms with E-state index in [1.165, 1.54) is 64.0 Å². The van der Waals surface area contributed by atoms with Crippen molar-refractivity contribution in [3.8, 4) is 0 Å².